The molecule has 0 radical (unpaired) electrons. The van der Waals surface area contributed by atoms with Gasteiger partial charge < -0.3 is 4.90 Å². The molecule has 1 heterocycles. The Morgan fingerprint density at radius 3 is 2.38 bits per heavy atom. The molecule has 1 aliphatic heterocycles. The predicted molar refractivity (Wildman–Crippen MR) is 88.4 cm³/mol. The molecule has 2 aromatic carbocycles. The predicted octanol–water partition coefficient (Wildman–Crippen LogP) is 2.86. The molecule has 128 valence electrons. The van der Waals surface area contributed by atoms with E-state index in [0.717, 1.165) is 6.07 Å². The smallest absolute Gasteiger partial charge is 0.243 e. The van der Waals surface area contributed by atoms with Crippen LogP contribution in [0.25, 0.3) is 0 Å². The molecule has 0 N–H and O–H groups in total. The summed E-state index contributed by atoms with van der Waals surface area (Å²) in [5.41, 5.74) is 0.292. The first-order valence-electron chi connectivity index (χ1n) is 7.66. The fourth-order valence-electron chi connectivity index (χ4n) is 2.98. The Hall–Kier alpha value is -1.99. The number of hydrogen-bond acceptors (Lipinski definition) is 3. The van der Waals surface area contributed by atoms with E-state index in [0.29, 0.717) is 18.8 Å². The van der Waals surface area contributed by atoms with Crippen LogP contribution in [0.1, 0.15) is 6.92 Å². The van der Waals surface area contributed by atoms with E-state index in [2.05, 4.69) is 0 Å². The largest absolute Gasteiger partial charge is 0.366 e. The summed E-state index contributed by atoms with van der Waals surface area (Å²) in [7, 11) is -3.58. The van der Waals surface area contributed by atoms with E-state index in [-0.39, 0.29) is 17.5 Å². The molecule has 3 rings (SSSR count). The summed E-state index contributed by atoms with van der Waals surface area (Å²) in [5, 5.41) is 0. The lowest BCUT2D eigenvalue weighted by molar-refractivity contribution is 0.305. The average molecular weight is 352 g/mol. The van der Waals surface area contributed by atoms with E-state index in [1.807, 2.05) is 0 Å². The lowest BCUT2D eigenvalue weighted by atomic mass is 10.2. The van der Waals surface area contributed by atoms with Crippen molar-refractivity contribution in [2.45, 2.75) is 17.9 Å². The van der Waals surface area contributed by atoms with E-state index in [4.69, 9.17) is 0 Å². The Morgan fingerprint density at radius 1 is 1.04 bits per heavy atom. The zero-order valence-electron chi connectivity index (χ0n) is 13.2. The summed E-state index contributed by atoms with van der Waals surface area (Å²) in [4.78, 5) is 1.99. The van der Waals surface area contributed by atoms with Gasteiger partial charge in [0.2, 0.25) is 10.0 Å². The molecule has 0 saturated carbocycles. The molecule has 0 bridgehead atoms. The second-order valence-electron chi connectivity index (χ2n) is 5.82. The molecule has 1 fully saturated rings. The number of anilines is 1. The quantitative estimate of drug-likeness (QED) is 0.853. The standard InChI is InChI=1S/C17H18F2N2O2S/c1-13-12-20(17-8-7-14(18)11-16(17)19)9-10-21(13)24(22,23)15-5-3-2-4-6-15/h2-8,11,13H,9-10,12H2,1H3/t13-/m1/s1. The normalized spacial score (nSPS) is 19.5. The lowest BCUT2D eigenvalue weighted by Crippen LogP contribution is -2.54. The van der Waals surface area contributed by atoms with Crippen molar-refractivity contribution in [2.24, 2.45) is 0 Å². The highest BCUT2D eigenvalue weighted by molar-refractivity contribution is 7.89. The van der Waals surface area contributed by atoms with Gasteiger partial charge in [-0.05, 0) is 31.2 Å². The number of benzene rings is 2. The zero-order chi connectivity index (χ0) is 17.3. The maximum Gasteiger partial charge on any atom is 0.243 e. The van der Waals surface area contributed by atoms with Crippen LogP contribution in [-0.2, 0) is 10.0 Å². The van der Waals surface area contributed by atoms with Gasteiger partial charge in [0, 0.05) is 31.7 Å². The summed E-state index contributed by atoms with van der Waals surface area (Å²) in [6.07, 6.45) is 0. The molecule has 0 aliphatic carbocycles. The van der Waals surface area contributed by atoms with Gasteiger partial charge in [-0.3, -0.25) is 0 Å². The molecule has 2 aromatic rings. The number of halogens is 2. The van der Waals surface area contributed by atoms with Gasteiger partial charge in [0.25, 0.3) is 0 Å². The summed E-state index contributed by atoms with van der Waals surface area (Å²) >= 11 is 0. The van der Waals surface area contributed by atoms with Crippen LogP contribution in [-0.4, -0.2) is 38.4 Å². The van der Waals surface area contributed by atoms with Gasteiger partial charge in [-0.25, -0.2) is 17.2 Å². The van der Waals surface area contributed by atoms with Gasteiger partial charge in [-0.2, -0.15) is 4.31 Å². The highest BCUT2D eigenvalue weighted by Gasteiger charge is 2.34. The van der Waals surface area contributed by atoms with Crippen molar-refractivity contribution < 1.29 is 17.2 Å². The molecular weight excluding hydrogens is 334 g/mol. The second kappa shape index (κ2) is 6.49. The van der Waals surface area contributed by atoms with Gasteiger partial charge in [0.05, 0.1) is 10.6 Å². The molecule has 1 saturated heterocycles. The van der Waals surface area contributed by atoms with Crippen LogP contribution in [0, 0.1) is 11.6 Å². The molecule has 0 amide bonds. The first-order valence-corrected chi connectivity index (χ1v) is 9.10. The summed E-state index contributed by atoms with van der Waals surface area (Å²) < 4.78 is 53.9. The molecule has 1 aliphatic rings. The molecule has 0 spiro atoms. The SMILES string of the molecule is C[C@@H]1CN(c2ccc(F)cc2F)CCN1S(=O)(=O)c1ccccc1. The zero-order valence-corrected chi connectivity index (χ0v) is 14.0. The van der Waals surface area contributed by atoms with Crippen LogP contribution in [0.4, 0.5) is 14.5 Å². The van der Waals surface area contributed by atoms with Crippen LogP contribution in [0.3, 0.4) is 0 Å². The van der Waals surface area contributed by atoms with Crippen molar-refractivity contribution in [3.05, 3.63) is 60.2 Å². The van der Waals surface area contributed by atoms with E-state index in [9.17, 15) is 17.2 Å². The highest BCUT2D eigenvalue weighted by atomic mass is 32.2. The third-order valence-corrected chi connectivity index (χ3v) is 6.19. The minimum atomic E-state index is -3.58. The van der Waals surface area contributed by atoms with E-state index < -0.39 is 21.7 Å². The number of rotatable bonds is 3. The molecule has 0 unspecified atom stereocenters. The number of nitrogens with zero attached hydrogens (tertiary/aromatic N) is 2. The Kier molecular flexibility index (Phi) is 4.56. The fraction of sp³-hybridized carbons (Fsp3) is 0.294. The van der Waals surface area contributed by atoms with Crippen molar-refractivity contribution in [3.8, 4) is 0 Å². The van der Waals surface area contributed by atoms with Gasteiger partial charge in [-0.15, -0.1) is 0 Å². The van der Waals surface area contributed by atoms with Gasteiger partial charge in [-0.1, -0.05) is 18.2 Å². The minimum Gasteiger partial charge on any atom is -0.366 e. The fourth-order valence-corrected chi connectivity index (χ4v) is 4.62. The summed E-state index contributed by atoms with van der Waals surface area (Å²) in [5.74, 6) is -1.27. The second-order valence-corrected chi connectivity index (χ2v) is 7.71. The van der Waals surface area contributed by atoms with Crippen molar-refractivity contribution in [2.75, 3.05) is 24.5 Å². The molecule has 0 aromatic heterocycles. The molecule has 1 atom stereocenters. The minimum absolute atomic E-state index is 0.245. The molecule has 4 nitrogen and oxygen atoms in total. The molecule has 7 heteroatoms. The monoisotopic (exact) mass is 352 g/mol. The number of hydrogen-bond donors (Lipinski definition) is 0. The van der Waals surface area contributed by atoms with Crippen molar-refractivity contribution in [3.63, 3.8) is 0 Å². The van der Waals surface area contributed by atoms with Crippen LogP contribution in [0.15, 0.2) is 53.4 Å². The average Bonchev–Trinajstić information content (AvgIpc) is 2.55. The molecule has 24 heavy (non-hydrogen) atoms. The van der Waals surface area contributed by atoms with Gasteiger partial charge in [0.1, 0.15) is 11.6 Å². The van der Waals surface area contributed by atoms with Crippen LogP contribution >= 0.6 is 0 Å². The van der Waals surface area contributed by atoms with Crippen LogP contribution in [0.2, 0.25) is 0 Å². The highest BCUT2D eigenvalue weighted by Crippen LogP contribution is 2.26. The maximum atomic E-state index is 13.9. The maximum absolute atomic E-state index is 13.9. The lowest BCUT2D eigenvalue weighted by Gasteiger charge is -2.40. The van der Waals surface area contributed by atoms with Crippen molar-refractivity contribution in [1.82, 2.24) is 4.31 Å². The van der Waals surface area contributed by atoms with E-state index in [1.165, 1.54) is 16.4 Å². The summed E-state index contributed by atoms with van der Waals surface area (Å²) in [6.45, 7) is 2.72. The van der Waals surface area contributed by atoms with E-state index in [1.54, 1.807) is 42.2 Å². The number of sulfonamides is 1. The Morgan fingerprint density at radius 2 is 1.75 bits per heavy atom. The van der Waals surface area contributed by atoms with Crippen LogP contribution < -0.4 is 4.90 Å². The first kappa shape index (κ1) is 16.9. The Bertz CT molecular complexity index is 828. The van der Waals surface area contributed by atoms with Gasteiger partial charge in [0.15, 0.2) is 0 Å². The van der Waals surface area contributed by atoms with Crippen molar-refractivity contribution in [1.29, 1.82) is 0 Å². The summed E-state index contributed by atoms with van der Waals surface area (Å²) in [6, 6.07) is 11.4. The third kappa shape index (κ3) is 3.14. The Labute approximate surface area is 140 Å². The van der Waals surface area contributed by atoms with Crippen molar-refractivity contribution >= 4 is 15.7 Å². The topological polar surface area (TPSA) is 40.6 Å². The first-order chi connectivity index (χ1) is 11.4. The van der Waals surface area contributed by atoms with Gasteiger partial charge >= 0.3 is 0 Å². The van der Waals surface area contributed by atoms with E-state index >= 15 is 0 Å². The number of piperazine rings is 1. The van der Waals surface area contributed by atoms with Crippen LogP contribution in [0.5, 0.6) is 0 Å². The molecular formula is C17H18F2N2O2S. The third-order valence-electron chi connectivity index (χ3n) is 4.17. The Balaban J connectivity index is 1.81.